The molecule has 2 aromatic carbocycles. The fourth-order valence-electron chi connectivity index (χ4n) is 4.21. The quantitative estimate of drug-likeness (QED) is 0.586. The fourth-order valence-corrected chi connectivity index (χ4v) is 4.21. The van der Waals surface area contributed by atoms with Crippen molar-refractivity contribution in [3.05, 3.63) is 78.0 Å². The predicted octanol–water partition coefficient (Wildman–Crippen LogP) is 5.71. The minimum Gasteiger partial charge on any atom is -0.494 e. The predicted molar refractivity (Wildman–Crippen MR) is 127 cm³/mol. The summed E-state index contributed by atoms with van der Waals surface area (Å²) in [4.78, 5) is 16.6. The standard InChI is InChI=1S/C26H28F3N3O2/c1-2-34-22-9-6-19(7-10-22)25(33)32-16-12-21(13-17-32)30-23-18-20(26(27,28)29)8-11-24(23)31-14-4-3-5-15-31/h3-11,14,18,21,30H,2,12-13,15-17H2,1H3. The molecule has 34 heavy (non-hydrogen) atoms. The van der Waals surface area contributed by atoms with E-state index in [4.69, 9.17) is 4.74 Å². The average molecular weight is 472 g/mol. The highest BCUT2D eigenvalue weighted by molar-refractivity contribution is 5.94. The SMILES string of the molecule is CCOc1ccc(C(=O)N2CCC(Nc3cc(C(F)(F)F)ccc3N3C=CC=CC3)CC2)cc1. The van der Waals surface area contributed by atoms with E-state index in [1.807, 2.05) is 36.3 Å². The number of likely N-dealkylation sites (tertiary alicyclic amines) is 1. The first-order valence-corrected chi connectivity index (χ1v) is 11.4. The van der Waals surface area contributed by atoms with Gasteiger partial charge in [0.05, 0.1) is 23.5 Å². The first kappa shape index (κ1) is 23.7. The number of halogens is 3. The van der Waals surface area contributed by atoms with Crippen molar-refractivity contribution in [1.82, 2.24) is 4.90 Å². The zero-order valence-electron chi connectivity index (χ0n) is 19.0. The van der Waals surface area contributed by atoms with Crippen LogP contribution in [0.15, 0.2) is 66.9 Å². The Morgan fingerprint density at radius 2 is 1.82 bits per heavy atom. The number of carbonyl (C=O) groups excluding carboxylic acids is 1. The van der Waals surface area contributed by atoms with Crippen molar-refractivity contribution in [2.24, 2.45) is 0 Å². The highest BCUT2D eigenvalue weighted by Gasteiger charge is 2.32. The van der Waals surface area contributed by atoms with Crippen molar-refractivity contribution in [1.29, 1.82) is 0 Å². The van der Waals surface area contributed by atoms with Crippen LogP contribution >= 0.6 is 0 Å². The van der Waals surface area contributed by atoms with Crippen molar-refractivity contribution in [3.63, 3.8) is 0 Å². The Labute approximate surface area is 197 Å². The Hall–Kier alpha value is -3.42. The largest absolute Gasteiger partial charge is 0.494 e. The van der Waals surface area contributed by atoms with Crippen LogP contribution in [0.2, 0.25) is 0 Å². The van der Waals surface area contributed by atoms with Crippen molar-refractivity contribution >= 4 is 17.3 Å². The summed E-state index contributed by atoms with van der Waals surface area (Å²) in [6, 6.07) is 10.9. The molecule has 8 heteroatoms. The normalized spacial score (nSPS) is 16.6. The molecule has 0 unspecified atom stereocenters. The fraction of sp³-hybridized carbons (Fsp3) is 0.346. The van der Waals surface area contributed by atoms with Gasteiger partial charge >= 0.3 is 6.18 Å². The van der Waals surface area contributed by atoms with Gasteiger partial charge in [-0.3, -0.25) is 4.79 Å². The molecule has 1 fully saturated rings. The van der Waals surface area contributed by atoms with Crippen LogP contribution in [0.3, 0.4) is 0 Å². The lowest BCUT2D eigenvalue weighted by atomic mass is 10.0. The summed E-state index contributed by atoms with van der Waals surface area (Å²) in [5, 5.41) is 3.33. The maximum Gasteiger partial charge on any atom is 0.416 e. The number of anilines is 2. The van der Waals surface area contributed by atoms with Crippen LogP contribution in [0.1, 0.15) is 35.7 Å². The van der Waals surface area contributed by atoms with Gasteiger partial charge in [0.2, 0.25) is 0 Å². The Morgan fingerprint density at radius 3 is 2.44 bits per heavy atom. The van der Waals surface area contributed by atoms with E-state index in [0.717, 1.165) is 11.8 Å². The molecular weight excluding hydrogens is 443 g/mol. The van der Waals surface area contributed by atoms with Crippen LogP contribution in [-0.4, -0.2) is 43.1 Å². The Kier molecular flexibility index (Phi) is 7.14. The molecule has 0 radical (unpaired) electrons. The molecule has 0 atom stereocenters. The zero-order valence-corrected chi connectivity index (χ0v) is 19.0. The van der Waals surface area contributed by atoms with Gasteiger partial charge in [0, 0.05) is 37.4 Å². The molecule has 4 rings (SSSR count). The van der Waals surface area contributed by atoms with Gasteiger partial charge in [0.15, 0.2) is 0 Å². The third kappa shape index (κ3) is 5.55. The Balaban J connectivity index is 1.43. The van der Waals surface area contributed by atoms with Crippen LogP contribution in [-0.2, 0) is 6.18 Å². The summed E-state index contributed by atoms with van der Waals surface area (Å²) in [5.74, 6) is 0.671. The average Bonchev–Trinajstić information content (AvgIpc) is 2.85. The van der Waals surface area contributed by atoms with E-state index >= 15 is 0 Å². The molecule has 180 valence electrons. The van der Waals surface area contributed by atoms with Crippen molar-refractivity contribution < 1.29 is 22.7 Å². The molecule has 2 aromatic rings. The lowest BCUT2D eigenvalue weighted by Gasteiger charge is -2.34. The third-order valence-corrected chi connectivity index (χ3v) is 6.00. The van der Waals surface area contributed by atoms with Gasteiger partial charge in [0.1, 0.15) is 5.75 Å². The second-order valence-corrected chi connectivity index (χ2v) is 8.32. The minimum absolute atomic E-state index is 0.0315. The molecule has 0 bridgehead atoms. The number of ether oxygens (including phenoxy) is 1. The second-order valence-electron chi connectivity index (χ2n) is 8.32. The number of carbonyl (C=O) groups is 1. The number of amides is 1. The highest BCUT2D eigenvalue weighted by Crippen LogP contribution is 2.37. The maximum absolute atomic E-state index is 13.4. The number of nitrogens with zero attached hydrogens (tertiary/aromatic N) is 2. The summed E-state index contributed by atoms with van der Waals surface area (Å²) in [7, 11) is 0. The van der Waals surface area contributed by atoms with E-state index < -0.39 is 11.7 Å². The molecule has 1 amide bonds. The molecule has 0 saturated carbocycles. The number of rotatable bonds is 6. The van der Waals surface area contributed by atoms with Crippen LogP contribution in [0, 0.1) is 0 Å². The number of piperidine rings is 1. The smallest absolute Gasteiger partial charge is 0.416 e. The number of hydrogen-bond donors (Lipinski definition) is 1. The number of benzene rings is 2. The van der Waals surface area contributed by atoms with Crippen LogP contribution in [0.25, 0.3) is 0 Å². The number of allylic oxidation sites excluding steroid dienone is 2. The van der Waals surface area contributed by atoms with Crippen molar-refractivity contribution in [2.75, 3.05) is 36.5 Å². The zero-order chi connectivity index (χ0) is 24.1. The van der Waals surface area contributed by atoms with E-state index in [1.165, 1.54) is 12.1 Å². The van der Waals surface area contributed by atoms with E-state index in [9.17, 15) is 18.0 Å². The van der Waals surface area contributed by atoms with Gasteiger partial charge in [-0.2, -0.15) is 13.2 Å². The van der Waals surface area contributed by atoms with Crippen LogP contribution in [0.5, 0.6) is 5.75 Å². The molecule has 0 spiro atoms. The summed E-state index contributed by atoms with van der Waals surface area (Å²) < 4.78 is 45.5. The molecule has 5 nitrogen and oxygen atoms in total. The van der Waals surface area contributed by atoms with Gasteiger partial charge in [-0.1, -0.05) is 12.2 Å². The first-order chi connectivity index (χ1) is 16.3. The highest BCUT2D eigenvalue weighted by atomic mass is 19.4. The molecule has 1 N–H and O–H groups in total. The second kappa shape index (κ2) is 10.2. The molecular formula is C26H28F3N3O2. The lowest BCUT2D eigenvalue weighted by molar-refractivity contribution is -0.137. The van der Waals surface area contributed by atoms with Crippen LogP contribution in [0.4, 0.5) is 24.5 Å². The molecule has 0 aromatic heterocycles. The van der Waals surface area contributed by atoms with E-state index in [-0.39, 0.29) is 11.9 Å². The van der Waals surface area contributed by atoms with E-state index in [2.05, 4.69) is 5.32 Å². The third-order valence-electron chi connectivity index (χ3n) is 6.00. The van der Waals surface area contributed by atoms with Gasteiger partial charge in [-0.05, 0) is 68.3 Å². The summed E-state index contributed by atoms with van der Waals surface area (Å²) in [6.45, 7) is 4.12. The first-order valence-electron chi connectivity index (χ1n) is 11.4. The number of hydrogen-bond acceptors (Lipinski definition) is 4. The van der Waals surface area contributed by atoms with Crippen molar-refractivity contribution in [2.45, 2.75) is 32.0 Å². The maximum atomic E-state index is 13.4. The summed E-state index contributed by atoms with van der Waals surface area (Å²) >= 11 is 0. The van der Waals surface area contributed by atoms with E-state index in [1.54, 1.807) is 29.2 Å². The van der Waals surface area contributed by atoms with Gasteiger partial charge in [-0.25, -0.2) is 0 Å². The van der Waals surface area contributed by atoms with Gasteiger partial charge in [0.25, 0.3) is 5.91 Å². The molecule has 2 aliphatic rings. The molecule has 0 aliphatic carbocycles. The van der Waals surface area contributed by atoms with Gasteiger partial charge < -0.3 is 19.9 Å². The monoisotopic (exact) mass is 471 g/mol. The summed E-state index contributed by atoms with van der Waals surface area (Å²) in [6.07, 6.45) is 4.45. The Morgan fingerprint density at radius 1 is 1.09 bits per heavy atom. The lowest BCUT2D eigenvalue weighted by Crippen LogP contribution is -2.42. The number of nitrogens with one attached hydrogen (secondary N) is 1. The van der Waals surface area contributed by atoms with Crippen molar-refractivity contribution in [3.8, 4) is 5.75 Å². The van der Waals surface area contributed by atoms with Gasteiger partial charge in [-0.15, -0.1) is 0 Å². The van der Waals surface area contributed by atoms with E-state index in [0.29, 0.717) is 56.0 Å². The minimum atomic E-state index is -4.42. The van der Waals surface area contributed by atoms with Crippen LogP contribution < -0.4 is 15.0 Å². The Bertz CT molecular complexity index is 1060. The molecule has 2 aliphatic heterocycles. The topological polar surface area (TPSA) is 44.8 Å². The summed E-state index contributed by atoms with van der Waals surface area (Å²) in [5.41, 5.74) is 1.06. The molecule has 2 heterocycles. The number of alkyl halides is 3. The molecule has 1 saturated heterocycles.